The molecule has 278 valence electrons. The van der Waals surface area contributed by atoms with E-state index in [0.29, 0.717) is 11.3 Å². The van der Waals surface area contributed by atoms with E-state index >= 15 is 0 Å². The largest absolute Gasteiger partial charge is 0.309 e. The van der Waals surface area contributed by atoms with Gasteiger partial charge in [0.15, 0.2) is 0 Å². The molecule has 0 unspecified atom stereocenters. The van der Waals surface area contributed by atoms with Crippen molar-refractivity contribution in [1.29, 1.82) is 5.26 Å². The van der Waals surface area contributed by atoms with Crippen LogP contribution in [0.4, 0.5) is 5.69 Å². The highest BCUT2D eigenvalue weighted by molar-refractivity contribution is 6.12. The maximum atomic E-state index is 11.1. The van der Waals surface area contributed by atoms with E-state index in [1.165, 1.54) is 21.5 Å². The summed E-state index contributed by atoms with van der Waals surface area (Å²) in [7, 11) is 0. The van der Waals surface area contributed by atoms with Gasteiger partial charge in [0, 0.05) is 32.9 Å². The number of hydrogen-bond acceptors (Lipinski definition) is 1. The number of nitrogens with zero attached hydrogens (tertiary/aromatic N) is 4. The van der Waals surface area contributed by atoms with Crippen LogP contribution in [-0.4, -0.2) is 9.13 Å². The fraction of sp³-hybridized carbons (Fsp3) is 0. The van der Waals surface area contributed by atoms with Crippen LogP contribution in [0.5, 0.6) is 0 Å². The van der Waals surface area contributed by atoms with Crippen LogP contribution in [-0.2, 0) is 0 Å². The van der Waals surface area contributed by atoms with Crippen LogP contribution in [0.2, 0.25) is 0 Å². The fourth-order valence-electron chi connectivity index (χ4n) is 9.27. The monoisotopic (exact) mass is 762 g/mol. The summed E-state index contributed by atoms with van der Waals surface area (Å²) in [5.74, 6) is 0. The zero-order valence-electron chi connectivity index (χ0n) is 32.4. The summed E-state index contributed by atoms with van der Waals surface area (Å²) in [4.78, 5) is 4.18. The number of nitriles is 1. The molecule has 4 heteroatoms. The van der Waals surface area contributed by atoms with Crippen LogP contribution in [0.15, 0.2) is 206 Å². The summed E-state index contributed by atoms with van der Waals surface area (Å²) < 4.78 is 4.64. The Morgan fingerprint density at radius 3 is 1.03 bits per heavy atom. The lowest BCUT2D eigenvalue weighted by molar-refractivity contribution is 1.18. The zero-order chi connectivity index (χ0) is 40.2. The van der Waals surface area contributed by atoms with E-state index < -0.39 is 0 Å². The summed E-state index contributed by atoms with van der Waals surface area (Å²) >= 11 is 0. The molecule has 4 nitrogen and oxygen atoms in total. The van der Waals surface area contributed by atoms with Crippen LogP contribution in [0, 0.1) is 17.9 Å². The predicted molar refractivity (Wildman–Crippen MR) is 248 cm³/mol. The molecular formula is C56H34N4. The van der Waals surface area contributed by atoms with E-state index in [4.69, 9.17) is 6.57 Å². The lowest BCUT2D eigenvalue weighted by Crippen LogP contribution is -2.00. The van der Waals surface area contributed by atoms with E-state index in [1.54, 1.807) is 0 Å². The van der Waals surface area contributed by atoms with Crippen LogP contribution < -0.4 is 0 Å². The highest BCUT2D eigenvalue weighted by Crippen LogP contribution is 2.53. The minimum atomic E-state index is 0.342. The maximum absolute atomic E-state index is 11.1. The van der Waals surface area contributed by atoms with Gasteiger partial charge in [0.1, 0.15) is 0 Å². The third-order valence-electron chi connectivity index (χ3n) is 11.8. The Morgan fingerprint density at radius 2 is 0.667 bits per heavy atom. The van der Waals surface area contributed by atoms with Crippen molar-refractivity contribution in [2.24, 2.45) is 0 Å². The molecule has 0 saturated carbocycles. The topological polar surface area (TPSA) is 38.0 Å². The summed E-state index contributed by atoms with van der Waals surface area (Å²) in [6, 6.07) is 74.2. The van der Waals surface area contributed by atoms with Crippen molar-refractivity contribution < 1.29 is 0 Å². The van der Waals surface area contributed by atoms with Crippen molar-refractivity contribution in [1.82, 2.24) is 9.13 Å². The molecule has 2 aromatic heterocycles. The molecule has 0 saturated heterocycles. The van der Waals surface area contributed by atoms with Gasteiger partial charge in [0.25, 0.3) is 0 Å². The first-order chi connectivity index (χ1) is 29.7. The van der Waals surface area contributed by atoms with Gasteiger partial charge in [-0.2, -0.15) is 5.26 Å². The molecule has 0 aliphatic rings. The molecule has 0 fully saturated rings. The predicted octanol–water partition coefficient (Wildman–Crippen LogP) is 15.0. The maximum Gasteiger partial charge on any atom is 0.213 e. The van der Waals surface area contributed by atoms with Gasteiger partial charge in [-0.1, -0.05) is 158 Å². The third-order valence-corrected chi connectivity index (χ3v) is 11.8. The number of fused-ring (bicyclic) bond motifs is 6. The molecule has 0 atom stereocenters. The van der Waals surface area contributed by atoms with Crippen LogP contribution in [0.1, 0.15) is 5.56 Å². The average Bonchev–Trinajstić information content (AvgIpc) is 3.84. The molecule has 0 N–H and O–H groups in total. The average molecular weight is 763 g/mol. The fourth-order valence-corrected chi connectivity index (χ4v) is 9.27. The Morgan fingerprint density at radius 1 is 0.350 bits per heavy atom. The van der Waals surface area contributed by atoms with Crippen molar-refractivity contribution in [3.63, 3.8) is 0 Å². The van der Waals surface area contributed by atoms with Crippen LogP contribution in [0.25, 0.3) is 104 Å². The number of rotatable bonds is 6. The Balaban J connectivity index is 1.20. The van der Waals surface area contributed by atoms with Gasteiger partial charge in [0.2, 0.25) is 5.69 Å². The molecule has 60 heavy (non-hydrogen) atoms. The molecule has 0 bridgehead atoms. The third kappa shape index (κ3) is 5.37. The molecule has 11 rings (SSSR count). The summed E-state index contributed by atoms with van der Waals surface area (Å²) in [6.45, 7) is 8.66. The number of benzene rings is 9. The van der Waals surface area contributed by atoms with Gasteiger partial charge < -0.3 is 9.13 Å². The first-order valence-electron chi connectivity index (χ1n) is 20.0. The molecule has 9 aromatic carbocycles. The Hall–Kier alpha value is -8.44. The number of hydrogen-bond donors (Lipinski definition) is 0. The second-order valence-corrected chi connectivity index (χ2v) is 15.0. The zero-order valence-corrected chi connectivity index (χ0v) is 32.4. The summed E-state index contributed by atoms with van der Waals surface area (Å²) in [6.07, 6.45) is 0. The van der Waals surface area contributed by atoms with Gasteiger partial charge in [-0.25, -0.2) is 4.85 Å². The Bertz CT molecular complexity index is 3180. The van der Waals surface area contributed by atoms with E-state index in [-0.39, 0.29) is 0 Å². The van der Waals surface area contributed by atoms with Gasteiger partial charge in [-0.05, 0) is 93.0 Å². The van der Waals surface area contributed by atoms with E-state index in [1.807, 2.05) is 60.7 Å². The minimum absolute atomic E-state index is 0.342. The highest BCUT2D eigenvalue weighted by Gasteiger charge is 2.28. The van der Waals surface area contributed by atoms with E-state index in [9.17, 15) is 5.26 Å². The lowest BCUT2D eigenvalue weighted by Gasteiger charge is -2.24. The van der Waals surface area contributed by atoms with Crippen molar-refractivity contribution in [2.75, 3.05) is 0 Å². The van der Waals surface area contributed by atoms with Crippen LogP contribution in [0.3, 0.4) is 0 Å². The van der Waals surface area contributed by atoms with Gasteiger partial charge in [-0.15, -0.1) is 0 Å². The molecule has 11 aromatic rings. The molecule has 0 spiro atoms. The summed E-state index contributed by atoms with van der Waals surface area (Å²) in [5.41, 5.74) is 14.3. The van der Waals surface area contributed by atoms with Crippen molar-refractivity contribution in [3.05, 3.63) is 223 Å². The van der Waals surface area contributed by atoms with Crippen molar-refractivity contribution >= 4 is 49.3 Å². The smallest absolute Gasteiger partial charge is 0.213 e. The van der Waals surface area contributed by atoms with Gasteiger partial charge >= 0.3 is 0 Å². The first-order valence-corrected chi connectivity index (χ1v) is 20.0. The van der Waals surface area contributed by atoms with Crippen LogP contribution >= 0.6 is 0 Å². The van der Waals surface area contributed by atoms with Gasteiger partial charge in [-0.3, -0.25) is 0 Å². The Labute approximate surface area is 347 Å². The lowest BCUT2D eigenvalue weighted by atomic mass is 9.79. The standard InChI is InChI=1S/C56H34N4/c1-58-56-47(36-57)52(37-16-4-2-5-17-37)53(39-28-32-41(33-29-39)59-48-24-12-8-20-43(48)44-21-9-13-25-49(44)59)54(55(56)38-18-6-3-7-19-38)40-30-34-42(35-31-40)60-50-26-14-10-22-45(50)46-23-11-15-27-51(46)60/h2-35H. The SMILES string of the molecule is [C-]#[N+]c1c(C#N)c(-c2ccccc2)c(-c2ccc(-n3c4ccccc4c4ccccc43)cc2)c(-c2ccc(-n3c4ccccc4c4ccccc43)cc2)c1-c1ccccc1. The normalized spacial score (nSPS) is 11.3. The highest BCUT2D eigenvalue weighted by atomic mass is 15.0. The number of aromatic nitrogens is 2. The molecule has 0 aliphatic heterocycles. The van der Waals surface area contributed by atoms with E-state index in [2.05, 4.69) is 166 Å². The van der Waals surface area contributed by atoms with Gasteiger partial charge in [0.05, 0.1) is 40.3 Å². The molecule has 2 heterocycles. The second-order valence-electron chi connectivity index (χ2n) is 15.0. The Kier molecular flexibility index (Phi) is 8.22. The quantitative estimate of drug-likeness (QED) is 0.155. The van der Waals surface area contributed by atoms with Crippen molar-refractivity contribution in [2.45, 2.75) is 0 Å². The minimum Gasteiger partial charge on any atom is -0.309 e. The molecule has 0 amide bonds. The van der Waals surface area contributed by atoms with E-state index in [0.717, 1.165) is 77.9 Å². The molecule has 0 radical (unpaired) electrons. The summed E-state index contributed by atoms with van der Waals surface area (Å²) in [5, 5.41) is 15.9. The number of para-hydroxylation sites is 4. The first kappa shape index (κ1) is 34.8. The molecular weight excluding hydrogens is 729 g/mol. The second kappa shape index (κ2) is 14.2. The molecule has 0 aliphatic carbocycles. The van der Waals surface area contributed by atoms with Crippen molar-refractivity contribution in [3.8, 4) is 62.0 Å².